The van der Waals surface area contributed by atoms with E-state index >= 15 is 0 Å². The highest BCUT2D eigenvalue weighted by atomic mass is 32.2. The second-order valence-corrected chi connectivity index (χ2v) is 11.2. The van der Waals surface area contributed by atoms with Gasteiger partial charge in [-0.25, -0.2) is 0 Å². The number of carbonyl (C=O) groups is 3. The first-order valence-corrected chi connectivity index (χ1v) is 12.1. The number of ether oxygens (including phenoxy) is 1. The molecule has 0 aromatic heterocycles. The number of thioether (sulfide) groups is 1. The van der Waals surface area contributed by atoms with Crippen LogP contribution in [0.1, 0.15) is 19.8 Å². The lowest BCUT2D eigenvalue weighted by Crippen LogP contribution is -2.56. The number of aliphatic carboxylic acids is 1. The highest BCUT2D eigenvalue weighted by molar-refractivity contribution is 8.02. The zero-order chi connectivity index (χ0) is 23.1. The standard InChI is InChI=1S/C22H33N3O6S/c1-3-6-24(8-7-23-10-13-31-14-11-23)19(28)17-22-5-4-21(2,32-22)16(20(29)30)15(22)18(27)25(17)9-12-26/h3,15-17,26H,1,4-14H2,2H3,(H,29,30)/t15-,16+,17?,21-,22?/m0/s1. The van der Waals surface area contributed by atoms with E-state index in [4.69, 9.17) is 4.74 Å². The van der Waals surface area contributed by atoms with Gasteiger partial charge in [0.15, 0.2) is 0 Å². The van der Waals surface area contributed by atoms with Gasteiger partial charge in [-0.3, -0.25) is 19.3 Å². The quantitative estimate of drug-likeness (QED) is 0.452. The lowest BCUT2D eigenvalue weighted by Gasteiger charge is -2.37. The van der Waals surface area contributed by atoms with Crippen LogP contribution in [0.3, 0.4) is 0 Å². The molecule has 5 atom stereocenters. The molecule has 4 heterocycles. The van der Waals surface area contributed by atoms with Gasteiger partial charge in [0, 0.05) is 44.0 Å². The molecule has 178 valence electrons. The van der Waals surface area contributed by atoms with E-state index in [2.05, 4.69) is 11.5 Å². The summed E-state index contributed by atoms with van der Waals surface area (Å²) in [7, 11) is 0. The Morgan fingerprint density at radius 1 is 1.31 bits per heavy atom. The fraction of sp³-hybridized carbons (Fsp3) is 0.773. The molecule has 4 fully saturated rings. The van der Waals surface area contributed by atoms with E-state index in [1.807, 2.05) is 6.92 Å². The van der Waals surface area contributed by atoms with Gasteiger partial charge in [-0.1, -0.05) is 6.08 Å². The number of carboxylic acid groups (broad SMARTS) is 1. The number of aliphatic hydroxyl groups is 1. The van der Waals surface area contributed by atoms with Crippen molar-refractivity contribution in [3.8, 4) is 0 Å². The lowest BCUT2D eigenvalue weighted by atomic mass is 9.66. The first-order valence-electron chi connectivity index (χ1n) is 11.3. The zero-order valence-corrected chi connectivity index (χ0v) is 19.4. The highest BCUT2D eigenvalue weighted by Crippen LogP contribution is 2.71. The maximum absolute atomic E-state index is 13.9. The summed E-state index contributed by atoms with van der Waals surface area (Å²) >= 11 is 1.51. The van der Waals surface area contributed by atoms with Crippen molar-refractivity contribution in [2.45, 2.75) is 35.3 Å². The number of carbonyl (C=O) groups excluding carboxylic acids is 2. The number of carboxylic acids is 1. The molecule has 0 aromatic carbocycles. The van der Waals surface area contributed by atoms with Gasteiger partial charge in [0.25, 0.3) is 0 Å². The minimum absolute atomic E-state index is 0.0303. The third-order valence-corrected chi connectivity index (χ3v) is 9.55. The van der Waals surface area contributed by atoms with Crippen LogP contribution < -0.4 is 0 Å². The highest BCUT2D eigenvalue weighted by Gasteiger charge is 2.77. The number of fused-ring (bicyclic) bond motifs is 1. The van der Waals surface area contributed by atoms with Crippen molar-refractivity contribution >= 4 is 29.5 Å². The summed E-state index contributed by atoms with van der Waals surface area (Å²) in [6.45, 7) is 9.99. The van der Waals surface area contributed by atoms with Crippen LogP contribution in [0.2, 0.25) is 0 Å². The van der Waals surface area contributed by atoms with Crippen molar-refractivity contribution < 1.29 is 29.3 Å². The van der Waals surface area contributed by atoms with E-state index in [9.17, 15) is 24.6 Å². The number of hydrogen-bond donors (Lipinski definition) is 2. The first-order chi connectivity index (χ1) is 15.3. The van der Waals surface area contributed by atoms with Gasteiger partial charge in [-0.15, -0.1) is 18.3 Å². The summed E-state index contributed by atoms with van der Waals surface area (Å²) < 4.78 is 4.07. The molecule has 32 heavy (non-hydrogen) atoms. The van der Waals surface area contributed by atoms with Crippen LogP contribution in [-0.2, 0) is 19.1 Å². The number of β-amino-alcohol motifs (C(OH)–C–C–N with tert-alkyl or cyclic N) is 1. The Morgan fingerprint density at radius 3 is 2.66 bits per heavy atom. The number of amides is 2. The molecule has 4 saturated heterocycles. The molecule has 9 nitrogen and oxygen atoms in total. The van der Waals surface area contributed by atoms with E-state index in [1.165, 1.54) is 16.7 Å². The predicted molar refractivity (Wildman–Crippen MR) is 119 cm³/mol. The maximum Gasteiger partial charge on any atom is 0.308 e. The van der Waals surface area contributed by atoms with Gasteiger partial charge in [-0.2, -0.15) is 0 Å². The molecular formula is C22H33N3O6S. The summed E-state index contributed by atoms with van der Waals surface area (Å²) in [5.41, 5.74) is 0. The molecule has 4 aliphatic heterocycles. The first kappa shape index (κ1) is 23.5. The molecule has 2 N–H and O–H groups in total. The van der Waals surface area contributed by atoms with Crippen LogP contribution in [0.15, 0.2) is 12.7 Å². The van der Waals surface area contributed by atoms with E-state index in [0.717, 1.165) is 13.1 Å². The SMILES string of the molecule is C=CCN(CCN1CCOCC1)C(=O)C1N(CCO)C(=O)[C@@H]2[C@H](C(=O)O)[C@]3(C)CCC12S3. The molecule has 10 heteroatoms. The van der Waals surface area contributed by atoms with Gasteiger partial charge in [0.1, 0.15) is 6.04 Å². The Bertz CT molecular complexity index is 790. The lowest BCUT2D eigenvalue weighted by molar-refractivity contribution is -0.150. The number of hydrogen-bond acceptors (Lipinski definition) is 7. The molecule has 0 saturated carbocycles. The summed E-state index contributed by atoms with van der Waals surface area (Å²) in [5, 5.41) is 19.6. The van der Waals surface area contributed by atoms with Crippen LogP contribution >= 0.6 is 11.8 Å². The van der Waals surface area contributed by atoms with Crippen molar-refractivity contribution in [1.29, 1.82) is 0 Å². The van der Waals surface area contributed by atoms with E-state index in [1.54, 1.807) is 11.0 Å². The van der Waals surface area contributed by atoms with E-state index in [0.29, 0.717) is 45.7 Å². The topological polar surface area (TPSA) is 111 Å². The monoisotopic (exact) mass is 467 g/mol. The van der Waals surface area contributed by atoms with Gasteiger partial charge in [0.2, 0.25) is 11.8 Å². The molecule has 4 rings (SSSR count). The molecule has 4 aliphatic rings. The summed E-state index contributed by atoms with van der Waals surface area (Å²) in [6, 6.07) is -0.770. The molecule has 2 amide bonds. The molecular weight excluding hydrogens is 434 g/mol. The van der Waals surface area contributed by atoms with Crippen LogP contribution in [0.4, 0.5) is 0 Å². The van der Waals surface area contributed by atoms with E-state index in [-0.39, 0.29) is 25.0 Å². The number of likely N-dealkylation sites (tertiary alicyclic amines) is 1. The number of aliphatic hydroxyl groups excluding tert-OH is 1. The Kier molecular flexibility index (Phi) is 6.59. The molecule has 2 unspecified atom stereocenters. The second-order valence-electron chi connectivity index (χ2n) is 9.35. The molecule has 0 aromatic rings. The van der Waals surface area contributed by atoms with Gasteiger partial charge in [0.05, 0.1) is 36.4 Å². The Balaban J connectivity index is 1.62. The Hall–Kier alpha value is -1.62. The average molecular weight is 468 g/mol. The fourth-order valence-electron chi connectivity index (χ4n) is 6.14. The predicted octanol–water partition coefficient (Wildman–Crippen LogP) is -0.109. The summed E-state index contributed by atoms with van der Waals surface area (Å²) in [6.07, 6.45) is 2.96. The smallest absolute Gasteiger partial charge is 0.308 e. The number of rotatable bonds is 9. The second kappa shape index (κ2) is 8.96. The fourth-order valence-corrected chi connectivity index (χ4v) is 8.48. The Morgan fingerprint density at radius 2 is 2.03 bits per heavy atom. The maximum atomic E-state index is 13.9. The van der Waals surface area contributed by atoms with Crippen molar-refractivity contribution in [3.63, 3.8) is 0 Å². The normalized spacial score (nSPS) is 36.4. The van der Waals surface area contributed by atoms with Crippen molar-refractivity contribution in [1.82, 2.24) is 14.7 Å². The van der Waals surface area contributed by atoms with Crippen molar-refractivity contribution in [3.05, 3.63) is 12.7 Å². The molecule has 1 spiro atoms. The zero-order valence-electron chi connectivity index (χ0n) is 18.6. The molecule has 0 radical (unpaired) electrons. The summed E-state index contributed by atoms with van der Waals surface area (Å²) in [5.74, 6) is -3.03. The van der Waals surface area contributed by atoms with Crippen LogP contribution in [0.25, 0.3) is 0 Å². The van der Waals surface area contributed by atoms with Crippen LogP contribution in [0.5, 0.6) is 0 Å². The van der Waals surface area contributed by atoms with Gasteiger partial charge >= 0.3 is 5.97 Å². The number of morpholine rings is 1. The third-order valence-electron chi connectivity index (χ3n) is 7.57. The molecule has 2 bridgehead atoms. The average Bonchev–Trinajstić information content (AvgIpc) is 3.33. The largest absolute Gasteiger partial charge is 0.481 e. The minimum atomic E-state index is -0.979. The molecule has 0 aliphatic carbocycles. The minimum Gasteiger partial charge on any atom is -0.481 e. The third kappa shape index (κ3) is 3.65. The van der Waals surface area contributed by atoms with Crippen molar-refractivity contribution in [2.75, 3.05) is 59.1 Å². The van der Waals surface area contributed by atoms with Crippen molar-refractivity contribution in [2.24, 2.45) is 11.8 Å². The van der Waals surface area contributed by atoms with Gasteiger partial charge < -0.3 is 24.7 Å². The number of nitrogens with zero attached hydrogens (tertiary/aromatic N) is 3. The van der Waals surface area contributed by atoms with Crippen LogP contribution in [0, 0.1) is 11.8 Å². The van der Waals surface area contributed by atoms with Crippen LogP contribution in [-0.4, -0.2) is 117 Å². The van der Waals surface area contributed by atoms with E-state index < -0.39 is 33.3 Å². The summed E-state index contributed by atoms with van der Waals surface area (Å²) in [4.78, 5) is 45.0. The van der Waals surface area contributed by atoms with Gasteiger partial charge in [-0.05, 0) is 19.8 Å². The Labute approximate surface area is 192 Å².